The van der Waals surface area contributed by atoms with Crippen LogP contribution in [0.25, 0.3) is 0 Å². The number of aliphatic hydroxyl groups is 2. The summed E-state index contributed by atoms with van der Waals surface area (Å²) in [7, 11) is 0. The SMILES string of the molecule is [2H]OCC(CC(=O)O)O[2H]. The first-order valence-electron chi connectivity index (χ1n) is 2.94. The lowest BCUT2D eigenvalue weighted by Gasteiger charge is -1.99. The number of carboxylic acids is 1. The zero-order valence-electron chi connectivity index (χ0n) is 6.16. The van der Waals surface area contributed by atoms with Crippen LogP contribution in [0.5, 0.6) is 0 Å². The Morgan fingerprint density at radius 1 is 1.88 bits per heavy atom. The molecule has 0 rings (SSSR count). The van der Waals surface area contributed by atoms with Gasteiger partial charge in [0.25, 0.3) is 0 Å². The number of aliphatic carboxylic acids is 1. The summed E-state index contributed by atoms with van der Waals surface area (Å²) in [6.45, 7) is -0.199. The van der Waals surface area contributed by atoms with Crippen molar-refractivity contribution in [3.05, 3.63) is 0 Å². The average molecular weight is 122 g/mol. The standard InChI is InChI=1S/C4H8O4/c5-2-3(6)1-4(7)8/h3,5-6H,1-2H2,(H,7,8)/i5D,6D. The molecule has 1 atom stereocenters. The van der Waals surface area contributed by atoms with Gasteiger partial charge < -0.3 is 15.3 Å². The van der Waals surface area contributed by atoms with Gasteiger partial charge in [0.2, 0.25) is 2.86 Å². The van der Waals surface area contributed by atoms with Gasteiger partial charge in [-0.1, -0.05) is 0 Å². The number of carbonyl (C=O) groups is 1. The summed E-state index contributed by atoms with van der Waals surface area (Å²) in [6, 6.07) is 0. The van der Waals surface area contributed by atoms with Gasteiger partial charge in [-0.05, 0) is 0 Å². The number of carboxylic acid groups (broad SMARTS) is 1. The summed E-state index contributed by atoms with van der Waals surface area (Å²) < 4.78 is 12.6. The van der Waals surface area contributed by atoms with E-state index in [0.717, 1.165) is 0 Å². The highest BCUT2D eigenvalue weighted by atomic mass is 16.4. The van der Waals surface area contributed by atoms with Gasteiger partial charge in [-0.15, -0.1) is 0 Å². The van der Waals surface area contributed by atoms with Crippen molar-refractivity contribution in [3.63, 3.8) is 0 Å². The summed E-state index contributed by atoms with van der Waals surface area (Å²) in [5.74, 6) is -1.07. The Bertz CT molecular complexity index is 107. The molecule has 4 nitrogen and oxygen atoms in total. The molecule has 4 heteroatoms. The van der Waals surface area contributed by atoms with Gasteiger partial charge in [-0.2, -0.15) is 0 Å². The van der Waals surface area contributed by atoms with E-state index in [4.69, 9.17) is 7.97 Å². The first-order chi connectivity index (χ1) is 4.70. The summed E-state index contributed by atoms with van der Waals surface area (Å²) in [4.78, 5) is 9.96. The number of aliphatic hydroxyl groups excluding tert-OH is 2. The second-order valence-corrected chi connectivity index (χ2v) is 1.39. The largest absolute Gasteiger partial charge is 0.481 e. The van der Waals surface area contributed by atoms with Crippen molar-refractivity contribution in [2.45, 2.75) is 12.5 Å². The van der Waals surface area contributed by atoms with Crippen LogP contribution in [-0.4, -0.2) is 36.9 Å². The van der Waals surface area contributed by atoms with E-state index >= 15 is 0 Å². The highest BCUT2D eigenvalue weighted by molar-refractivity contribution is 5.67. The van der Waals surface area contributed by atoms with E-state index in [2.05, 4.69) is 10.2 Å². The Labute approximate surface area is 49.4 Å². The molecule has 3 N–H and O–H groups in total. The molecule has 0 aromatic heterocycles. The second-order valence-electron chi connectivity index (χ2n) is 1.39. The maximum atomic E-state index is 9.96. The molecule has 0 aliphatic carbocycles. The highest BCUT2D eigenvalue weighted by Gasteiger charge is 2.05. The van der Waals surface area contributed by atoms with Crippen molar-refractivity contribution in [3.8, 4) is 0 Å². The number of hydrogen-bond acceptors (Lipinski definition) is 3. The van der Waals surface area contributed by atoms with Crippen molar-refractivity contribution < 1.29 is 20.1 Å². The molecule has 48 valence electrons. The molecule has 0 radical (unpaired) electrons. The third kappa shape index (κ3) is 3.58. The molecule has 0 heterocycles. The fraction of sp³-hybridized carbons (Fsp3) is 0.750. The quantitative estimate of drug-likeness (QED) is 0.428. The van der Waals surface area contributed by atoms with Crippen LogP contribution in [0.4, 0.5) is 0 Å². The van der Waals surface area contributed by atoms with Gasteiger partial charge in [-0.3, -0.25) is 4.79 Å². The molecular formula is C4H8O4. The normalized spacial score (nSPS) is 16.5. The summed E-state index contributed by atoms with van der Waals surface area (Å²) in [6.07, 6.45) is -1.17. The molecule has 0 saturated heterocycles. The van der Waals surface area contributed by atoms with Crippen LogP contribution in [0, 0.1) is 0 Å². The predicted molar refractivity (Wildman–Crippen MR) is 25.3 cm³/mol. The van der Waals surface area contributed by atoms with Crippen LogP contribution in [0.15, 0.2) is 0 Å². The first-order valence-corrected chi connectivity index (χ1v) is 2.12. The van der Waals surface area contributed by atoms with E-state index in [9.17, 15) is 4.79 Å². The van der Waals surface area contributed by atoms with Crippen molar-refractivity contribution in [1.29, 1.82) is 2.86 Å². The van der Waals surface area contributed by atoms with E-state index in [1.165, 1.54) is 0 Å². The highest BCUT2D eigenvalue weighted by Crippen LogP contribution is 1.87. The average Bonchev–Trinajstić information content (AvgIpc) is 1.86. The zero-order valence-corrected chi connectivity index (χ0v) is 4.16. The van der Waals surface area contributed by atoms with Crippen LogP contribution < -0.4 is 0 Å². The Balaban J connectivity index is 3.49. The Hall–Kier alpha value is -0.610. The molecule has 0 aliphatic rings. The summed E-state index contributed by atoms with van der Waals surface area (Å²) in [5.41, 5.74) is 0. The van der Waals surface area contributed by atoms with E-state index in [1.54, 1.807) is 0 Å². The molecule has 1 unspecified atom stereocenters. The maximum Gasteiger partial charge on any atom is 0.306 e. The van der Waals surface area contributed by atoms with Crippen LogP contribution in [0.2, 0.25) is 0 Å². The van der Waals surface area contributed by atoms with E-state index in [-0.39, 0.29) is 13.0 Å². The lowest BCUT2D eigenvalue weighted by molar-refractivity contribution is -0.139. The van der Waals surface area contributed by atoms with E-state index < -0.39 is 12.1 Å². The topological polar surface area (TPSA) is 77.8 Å². The first kappa shape index (κ1) is 4.29. The molecule has 0 aromatic carbocycles. The fourth-order valence-corrected chi connectivity index (χ4v) is 0.254. The van der Waals surface area contributed by atoms with Crippen molar-refractivity contribution in [2.24, 2.45) is 0 Å². The van der Waals surface area contributed by atoms with Crippen molar-refractivity contribution >= 4 is 5.97 Å². The van der Waals surface area contributed by atoms with Gasteiger partial charge >= 0.3 is 5.97 Å². The van der Waals surface area contributed by atoms with Crippen LogP contribution in [0.1, 0.15) is 6.42 Å². The van der Waals surface area contributed by atoms with Crippen LogP contribution in [-0.2, 0) is 4.79 Å². The second kappa shape index (κ2) is 3.40. The molecule has 0 saturated carbocycles. The molecular weight excluding hydrogens is 112 g/mol. The van der Waals surface area contributed by atoms with Crippen molar-refractivity contribution in [2.75, 3.05) is 6.61 Å². The van der Waals surface area contributed by atoms with Gasteiger partial charge in [0.05, 0.1) is 19.1 Å². The Morgan fingerprint density at radius 2 is 2.62 bits per heavy atom. The molecule has 0 bridgehead atoms. The van der Waals surface area contributed by atoms with Gasteiger partial charge in [0.15, 0.2) is 0 Å². The maximum absolute atomic E-state index is 9.96. The monoisotopic (exact) mass is 122 g/mol. The minimum Gasteiger partial charge on any atom is -0.481 e. The Kier molecular flexibility index (Phi) is 1.82. The van der Waals surface area contributed by atoms with Crippen LogP contribution >= 0.6 is 0 Å². The predicted octanol–water partition coefficient (Wildman–Crippen LogP) is -1.19. The lowest BCUT2D eigenvalue weighted by Crippen LogP contribution is -2.16. The molecule has 0 fully saturated rings. The lowest BCUT2D eigenvalue weighted by atomic mass is 10.3. The number of rotatable bonds is 5. The third-order valence-electron chi connectivity index (χ3n) is 0.588. The minimum absolute atomic E-state index is 0.199. The zero-order chi connectivity index (χ0) is 7.98. The summed E-state index contributed by atoms with van der Waals surface area (Å²) >= 11 is 0. The van der Waals surface area contributed by atoms with Gasteiger partial charge in [-0.25, -0.2) is 0 Å². The fourth-order valence-electron chi connectivity index (χ4n) is 0.254. The smallest absolute Gasteiger partial charge is 0.306 e. The summed E-state index contributed by atoms with van der Waals surface area (Å²) in [5, 5.41) is 15.9. The molecule has 0 spiro atoms. The molecule has 0 aliphatic heterocycles. The van der Waals surface area contributed by atoms with E-state index in [1.807, 2.05) is 0 Å². The van der Waals surface area contributed by atoms with Gasteiger partial charge in [0, 0.05) is 0 Å². The van der Waals surface area contributed by atoms with Crippen molar-refractivity contribution in [1.82, 2.24) is 0 Å². The molecule has 8 heavy (non-hydrogen) atoms. The molecule has 0 amide bonds. The Morgan fingerprint density at radius 3 is 3.00 bits per heavy atom. The minimum atomic E-state index is -1.07. The van der Waals surface area contributed by atoms with E-state index in [0.29, 0.717) is 0 Å². The third-order valence-corrected chi connectivity index (χ3v) is 0.588. The van der Waals surface area contributed by atoms with Crippen LogP contribution in [0.3, 0.4) is 0 Å². The molecule has 0 aromatic rings. The van der Waals surface area contributed by atoms with Gasteiger partial charge in [0.1, 0.15) is 0 Å². The number of hydrogen-bond donors (Lipinski definition) is 3.